The molecule has 0 aromatic heterocycles. The summed E-state index contributed by atoms with van der Waals surface area (Å²) in [5, 5.41) is 13.2. The lowest BCUT2D eigenvalue weighted by Crippen LogP contribution is -2.32. The Kier molecular flexibility index (Phi) is 5.67. The van der Waals surface area contributed by atoms with Gasteiger partial charge in [-0.05, 0) is 58.4 Å². The van der Waals surface area contributed by atoms with E-state index in [0.717, 1.165) is 18.7 Å². The van der Waals surface area contributed by atoms with Crippen molar-refractivity contribution in [3.63, 3.8) is 0 Å². The summed E-state index contributed by atoms with van der Waals surface area (Å²) in [7, 11) is 0. The predicted molar refractivity (Wildman–Crippen MR) is 79.5 cm³/mol. The molecule has 3 heteroatoms. The molecule has 2 N–H and O–H groups in total. The molecule has 3 nitrogen and oxygen atoms in total. The van der Waals surface area contributed by atoms with E-state index in [9.17, 15) is 5.11 Å². The lowest BCUT2D eigenvalue weighted by Gasteiger charge is -2.26. The molecule has 1 saturated heterocycles. The fraction of sp³-hybridized carbons (Fsp3) is 0.625. The van der Waals surface area contributed by atoms with E-state index in [4.69, 9.17) is 0 Å². The van der Waals surface area contributed by atoms with Gasteiger partial charge in [-0.25, -0.2) is 0 Å². The molecule has 0 spiro atoms. The normalized spacial score (nSPS) is 16.7. The number of piperidine rings is 1. The minimum Gasteiger partial charge on any atom is -0.508 e. The number of nitrogens with one attached hydrogen (secondary N) is 1. The molecule has 0 aliphatic carbocycles. The minimum atomic E-state index is 0.397. The van der Waals surface area contributed by atoms with E-state index in [0.29, 0.717) is 5.75 Å². The van der Waals surface area contributed by atoms with Gasteiger partial charge in [0.2, 0.25) is 0 Å². The van der Waals surface area contributed by atoms with E-state index in [1.165, 1.54) is 50.9 Å². The quantitative estimate of drug-likeness (QED) is 0.774. The van der Waals surface area contributed by atoms with Crippen molar-refractivity contribution in [1.82, 2.24) is 10.2 Å². The molecule has 1 aliphatic heterocycles. The molecule has 0 radical (unpaired) electrons. The van der Waals surface area contributed by atoms with Crippen molar-refractivity contribution in [3.8, 4) is 5.75 Å². The highest BCUT2D eigenvalue weighted by molar-refractivity contribution is 5.35. The predicted octanol–water partition coefficient (Wildman–Crippen LogP) is 2.67. The summed E-state index contributed by atoms with van der Waals surface area (Å²) in [5.74, 6) is 0.397. The Labute approximate surface area is 116 Å². The number of likely N-dealkylation sites (tertiary alicyclic amines) is 1. The van der Waals surface area contributed by atoms with Gasteiger partial charge in [0, 0.05) is 12.1 Å². The summed E-state index contributed by atoms with van der Waals surface area (Å²) in [6.45, 7) is 7.58. The van der Waals surface area contributed by atoms with Gasteiger partial charge in [0.15, 0.2) is 0 Å². The Hall–Kier alpha value is -1.06. The standard InChI is InChI=1S/C16H26N2O/c1-14-6-7-16(19)15(12-14)13-17-8-5-11-18-9-3-2-4-10-18/h6-7,12,17,19H,2-5,8-11,13H2,1H3. The summed E-state index contributed by atoms with van der Waals surface area (Å²) < 4.78 is 0. The van der Waals surface area contributed by atoms with Gasteiger partial charge >= 0.3 is 0 Å². The third-order valence-electron chi connectivity index (χ3n) is 3.83. The second kappa shape index (κ2) is 7.51. The number of nitrogens with zero attached hydrogens (tertiary/aromatic N) is 1. The molecule has 19 heavy (non-hydrogen) atoms. The first kappa shape index (κ1) is 14.4. The number of hydrogen-bond acceptors (Lipinski definition) is 3. The number of benzene rings is 1. The second-order valence-electron chi connectivity index (χ2n) is 5.56. The summed E-state index contributed by atoms with van der Waals surface area (Å²) >= 11 is 0. The van der Waals surface area contributed by atoms with Crippen LogP contribution < -0.4 is 5.32 Å². The first-order valence-electron chi connectivity index (χ1n) is 7.47. The zero-order valence-corrected chi connectivity index (χ0v) is 12.0. The van der Waals surface area contributed by atoms with Crippen molar-refractivity contribution in [1.29, 1.82) is 0 Å². The smallest absolute Gasteiger partial charge is 0.120 e. The summed E-state index contributed by atoms with van der Waals surface area (Å²) in [6.07, 6.45) is 5.32. The maximum Gasteiger partial charge on any atom is 0.120 e. The monoisotopic (exact) mass is 262 g/mol. The Morgan fingerprint density at radius 1 is 1.21 bits per heavy atom. The summed E-state index contributed by atoms with van der Waals surface area (Å²) in [5.41, 5.74) is 2.20. The minimum absolute atomic E-state index is 0.397. The van der Waals surface area contributed by atoms with Crippen molar-refractivity contribution in [3.05, 3.63) is 29.3 Å². The van der Waals surface area contributed by atoms with Crippen LogP contribution in [0.15, 0.2) is 18.2 Å². The number of rotatable bonds is 6. The third-order valence-corrected chi connectivity index (χ3v) is 3.83. The number of phenolic OH excluding ortho intramolecular Hbond substituents is 1. The van der Waals surface area contributed by atoms with E-state index >= 15 is 0 Å². The van der Waals surface area contributed by atoms with Crippen molar-refractivity contribution >= 4 is 0 Å². The van der Waals surface area contributed by atoms with E-state index in [1.54, 1.807) is 6.07 Å². The lowest BCUT2D eigenvalue weighted by atomic mass is 10.1. The van der Waals surface area contributed by atoms with Gasteiger partial charge in [-0.15, -0.1) is 0 Å². The zero-order valence-electron chi connectivity index (χ0n) is 12.0. The molecule has 1 heterocycles. The molecular weight excluding hydrogens is 236 g/mol. The van der Waals surface area contributed by atoms with Crippen molar-refractivity contribution in [2.45, 2.75) is 39.2 Å². The highest BCUT2D eigenvalue weighted by Crippen LogP contribution is 2.17. The van der Waals surface area contributed by atoms with E-state index in [1.807, 2.05) is 12.1 Å². The summed E-state index contributed by atoms with van der Waals surface area (Å²) in [6, 6.07) is 5.77. The van der Waals surface area contributed by atoms with Gasteiger partial charge in [-0.3, -0.25) is 0 Å². The Balaban J connectivity index is 1.62. The van der Waals surface area contributed by atoms with Crippen LogP contribution in [-0.4, -0.2) is 36.2 Å². The number of phenols is 1. The largest absolute Gasteiger partial charge is 0.508 e. The maximum atomic E-state index is 9.75. The first-order valence-corrected chi connectivity index (χ1v) is 7.47. The van der Waals surface area contributed by atoms with E-state index in [2.05, 4.69) is 17.1 Å². The average molecular weight is 262 g/mol. The average Bonchev–Trinajstić information content (AvgIpc) is 2.43. The van der Waals surface area contributed by atoms with Gasteiger partial charge in [-0.2, -0.15) is 0 Å². The molecular formula is C16H26N2O. The number of aryl methyl sites for hydroxylation is 1. The highest BCUT2D eigenvalue weighted by atomic mass is 16.3. The van der Waals surface area contributed by atoms with Crippen LogP contribution in [0.3, 0.4) is 0 Å². The highest BCUT2D eigenvalue weighted by Gasteiger charge is 2.08. The van der Waals surface area contributed by atoms with Crippen molar-refractivity contribution in [2.75, 3.05) is 26.2 Å². The summed E-state index contributed by atoms with van der Waals surface area (Å²) in [4.78, 5) is 2.56. The van der Waals surface area contributed by atoms with Gasteiger partial charge in [-0.1, -0.05) is 24.1 Å². The van der Waals surface area contributed by atoms with E-state index < -0.39 is 0 Å². The molecule has 1 aromatic carbocycles. The molecule has 0 amide bonds. The molecule has 0 saturated carbocycles. The van der Waals surface area contributed by atoms with Gasteiger partial charge in [0.1, 0.15) is 5.75 Å². The van der Waals surface area contributed by atoms with Crippen molar-refractivity contribution in [2.24, 2.45) is 0 Å². The zero-order chi connectivity index (χ0) is 13.5. The first-order chi connectivity index (χ1) is 9.25. The van der Waals surface area contributed by atoms with Crippen LogP contribution >= 0.6 is 0 Å². The fourth-order valence-corrected chi connectivity index (χ4v) is 2.69. The topological polar surface area (TPSA) is 35.5 Å². The molecule has 1 fully saturated rings. The van der Waals surface area contributed by atoms with Crippen LogP contribution in [0.1, 0.15) is 36.8 Å². The van der Waals surface area contributed by atoms with Crippen LogP contribution in [0, 0.1) is 6.92 Å². The molecule has 0 atom stereocenters. The van der Waals surface area contributed by atoms with E-state index in [-0.39, 0.29) is 0 Å². The second-order valence-corrected chi connectivity index (χ2v) is 5.56. The Morgan fingerprint density at radius 3 is 2.79 bits per heavy atom. The maximum absolute atomic E-state index is 9.75. The van der Waals surface area contributed by atoms with Crippen LogP contribution in [-0.2, 0) is 6.54 Å². The Morgan fingerprint density at radius 2 is 2.00 bits per heavy atom. The fourth-order valence-electron chi connectivity index (χ4n) is 2.69. The van der Waals surface area contributed by atoms with Crippen LogP contribution in [0.5, 0.6) is 5.75 Å². The number of hydrogen-bond donors (Lipinski definition) is 2. The number of aromatic hydroxyl groups is 1. The van der Waals surface area contributed by atoms with Crippen LogP contribution in [0.25, 0.3) is 0 Å². The molecule has 0 unspecified atom stereocenters. The lowest BCUT2D eigenvalue weighted by molar-refractivity contribution is 0.225. The molecule has 0 bridgehead atoms. The molecule has 1 aliphatic rings. The SMILES string of the molecule is Cc1ccc(O)c(CNCCCN2CCCCC2)c1. The van der Waals surface area contributed by atoms with Gasteiger partial charge in [0.05, 0.1) is 0 Å². The van der Waals surface area contributed by atoms with Crippen LogP contribution in [0.4, 0.5) is 0 Å². The Bertz CT molecular complexity index is 386. The van der Waals surface area contributed by atoms with Crippen LogP contribution in [0.2, 0.25) is 0 Å². The third kappa shape index (κ3) is 4.84. The van der Waals surface area contributed by atoms with Gasteiger partial charge < -0.3 is 15.3 Å². The van der Waals surface area contributed by atoms with Gasteiger partial charge in [0.25, 0.3) is 0 Å². The van der Waals surface area contributed by atoms with Crippen molar-refractivity contribution < 1.29 is 5.11 Å². The molecule has 2 rings (SSSR count). The molecule has 106 valence electrons. The molecule has 1 aromatic rings.